The summed E-state index contributed by atoms with van der Waals surface area (Å²) < 4.78 is 9.72. The van der Waals surface area contributed by atoms with E-state index in [-0.39, 0.29) is 0 Å². The number of benzene rings is 1. The van der Waals surface area contributed by atoms with Crippen LogP contribution >= 0.6 is 0 Å². The number of alkyl carbamates (subject to hydrolysis) is 1. The highest BCUT2D eigenvalue weighted by molar-refractivity contribution is 5.84. The lowest BCUT2D eigenvalue weighted by Crippen LogP contribution is -2.25. The van der Waals surface area contributed by atoms with Gasteiger partial charge in [-0.05, 0) is 30.2 Å². The number of hydrogen-bond acceptors (Lipinski definition) is 3. The summed E-state index contributed by atoms with van der Waals surface area (Å²) in [6.45, 7) is 0.539. The molecule has 0 spiro atoms. The van der Waals surface area contributed by atoms with E-state index in [1.165, 1.54) is 7.11 Å². The number of H-pyrrole nitrogens is 1. The summed E-state index contributed by atoms with van der Waals surface area (Å²) in [5.74, 6) is 0.823. The molecule has 5 nitrogen and oxygen atoms in total. The minimum absolute atomic E-state index is 0.410. The molecule has 0 saturated carbocycles. The van der Waals surface area contributed by atoms with E-state index in [0.717, 1.165) is 28.6 Å². The molecular formula is C13H16N2O3. The third kappa shape index (κ3) is 2.56. The standard InChI is InChI=1S/C13H16N2O3/c1-17-10-3-4-12-11(7-10)9(8-15-12)5-6-14-13(16)18-2/h3-4,7-8,15H,5-6H2,1-2H3,(H,14,16). The second-order valence-corrected chi connectivity index (χ2v) is 3.89. The Kier molecular flexibility index (Phi) is 3.72. The van der Waals surface area contributed by atoms with E-state index in [1.54, 1.807) is 7.11 Å². The first-order valence-electron chi connectivity index (χ1n) is 5.70. The van der Waals surface area contributed by atoms with Gasteiger partial charge in [-0.15, -0.1) is 0 Å². The summed E-state index contributed by atoms with van der Waals surface area (Å²) in [5.41, 5.74) is 2.20. The van der Waals surface area contributed by atoms with Crippen molar-refractivity contribution in [3.63, 3.8) is 0 Å². The van der Waals surface area contributed by atoms with Gasteiger partial charge in [-0.1, -0.05) is 0 Å². The molecule has 0 unspecified atom stereocenters. The average Bonchev–Trinajstić information content (AvgIpc) is 2.81. The second kappa shape index (κ2) is 5.44. The van der Waals surface area contributed by atoms with Gasteiger partial charge in [0.1, 0.15) is 5.75 Å². The normalized spacial score (nSPS) is 10.3. The van der Waals surface area contributed by atoms with Gasteiger partial charge in [-0.2, -0.15) is 0 Å². The summed E-state index contributed by atoms with van der Waals surface area (Å²) in [4.78, 5) is 14.1. The van der Waals surface area contributed by atoms with Gasteiger partial charge in [-0.3, -0.25) is 0 Å². The monoisotopic (exact) mass is 248 g/mol. The van der Waals surface area contributed by atoms with Crippen LogP contribution in [0.2, 0.25) is 0 Å². The number of fused-ring (bicyclic) bond motifs is 1. The van der Waals surface area contributed by atoms with E-state index >= 15 is 0 Å². The predicted molar refractivity (Wildman–Crippen MR) is 69.0 cm³/mol. The molecule has 96 valence electrons. The molecule has 18 heavy (non-hydrogen) atoms. The van der Waals surface area contributed by atoms with Crippen molar-refractivity contribution in [2.75, 3.05) is 20.8 Å². The number of methoxy groups -OCH3 is 2. The van der Waals surface area contributed by atoms with Gasteiger partial charge in [-0.25, -0.2) is 4.79 Å². The minimum atomic E-state index is -0.410. The van der Waals surface area contributed by atoms with Crippen LogP contribution in [0.25, 0.3) is 10.9 Å². The quantitative estimate of drug-likeness (QED) is 0.870. The zero-order valence-corrected chi connectivity index (χ0v) is 10.4. The molecule has 2 N–H and O–H groups in total. The van der Waals surface area contributed by atoms with Gasteiger partial charge in [0, 0.05) is 23.6 Å². The Hall–Kier alpha value is -2.17. The number of carbonyl (C=O) groups excluding carboxylic acids is 1. The maximum atomic E-state index is 10.9. The van der Waals surface area contributed by atoms with Crippen molar-refractivity contribution in [1.82, 2.24) is 10.3 Å². The lowest BCUT2D eigenvalue weighted by molar-refractivity contribution is 0.171. The molecule has 0 bridgehead atoms. The Morgan fingerprint density at radius 2 is 2.22 bits per heavy atom. The first-order chi connectivity index (χ1) is 8.74. The Labute approximate surface area is 105 Å². The molecule has 2 aromatic rings. The molecule has 5 heteroatoms. The summed E-state index contributed by atoms with van der Waals surface area (Å²) in [5, 5.41) is 3.77. The van der Waals surface area contributed by atoms with E-state index in [0.29, 0.717) is 6.54 Å². The largest absolute Gasteiger partial charge is 0.497 e. The fraction of sp³-hybridized carbons (Fsp3) is 0.308. The SMILES string of the molecule is COC(=O)NCCc1c[nH]c2ccc(OC)cc12. The maximum absolute atomic E-state index is 10.9. The van der Waals surface area contributed by atoms with Crippen LogP contribution in [0, 0.1) is 0 Å². The van der Waals surface area contributed by atoms with Crippen molar-refractivity contribution in [2.24, 2.45) is 0 Å². The van der Waals surface area contributed by atoms with Crippen molar-refractivity contribution >= 4 is 17.0 Å². The molecular weight excluding hydrogens is 232 g/mol. The number of ether oxygens (including phenoxy) is 2. The van der Waals surface area contributed by atoms with Gasteiger partial charge in [0.2, 0.25) is 0 Å². The fourth-order valence-corrected chi connectivity index (χ4v) is 1.86. The highest BCUT2D eigenvalue weighted by Crippen LogP contribution is 2.23. The Morgan fingerprint density at radius 1 is 1.39 bits per heavy atom. The van der Waals surface area contributed by atoms with E-state index < -0.39 is 6.09 Å². The van der Waals surface area contributed by atoms with Gasteiger partial charge >= 0.3 is 6.09 Å². The van der Waals surface area contributed by atoms with Crippen molar-refractivity contribution in [3.05, 3.63) is 30.0 Å². The van der Waals surface area contributed by atoms with Crippen LogP contribution in [-0.4, -0.2) is 31.8 Å². The number of amides is 1. The second-order valence-electron chi connectivity index (χ2n) is 3.89. The summed E-state index contributed by atoms with van der Waals surface area (Å²) in [7, 11) is 3.00. The van der Waals surface area contributed by atoms with Crippen molar-refractivity contribution < 1.29 is 14.3 Å². The topological polar surface area (TPSA) is 63.3 Å². The highest BCUT2D eigenvalue weighted by atomic mass is 16.5. The summed E-state index contributed by atoms with van der Waals surface area (Å²) >= 11 is 0. The van der Waals surface area contributed by atoms with Crippen molar-refractivity contribution in [2.45, 2.75) is 6.42 Å². The minimum Gasteiger partial charge on any atom is -0.497 e. The first kappa shape index (κ1) is 12.3. The van der Waals surface area contributed by atoms with Crippen LogP contribution in [0.3, 0.4) is 0 Å². The molecule has 0 atom stereocenters. The Balaban J connectivity index is 2.10. The smallest absolute Gasteiger partial charge is 0.406 e. The fourth-order valence-electron chi connectivity index (χ4n) is 1.86. The predicted octanol–water partition coefficient (Wildman–Crippen LogP) is 2.07. The van der Waals surface area contributed by atoms with E-state index in [4.69, 9.17) is 4.74 Å². The summed E-state index contributed by atoms with van der Waals surface area (Å²) in [6.07, 6.45) is 2.28. The van der Waals surface area contributed by atoms with Crippen molar-refractivity contribution in [3.8, 4) is 5.75 Å². The van der Waals surface area contributed by atoms with Crippen LogP contribution in [0.5, 0.6) is 5.75 Å². The molecule has 0 aliphatic rings. The molecule has 0 fully saturated rings. The molecule has 1 amide bonds. The molecule has 0 aliphatic heterocycles. The van der Waals surface area contributed by atoms with Crippen LogP contribution in [-0.2, 0) is 11.2 Å². The number of rotatable bonds is 4. The number of nitrogens with one attached hydrogen (secondary N) is 2. The first-order valence-corrected chi connectivity index (χ1v) is 5.70. The molecule has 2 rings (SSSR count). The number of hydrogen-bond donors (Lipinski definition) is 2. The van der Waals surface area contributed by atoms with Crippen molar-refractivity contribution in [1.29, 1.82) is 0 Å². The summed E-state index contributed by atoms with van der Waals surface area (Å²) in [6, 6.07) is 5.88. The van der Waals surface area contributed by atoms with E-state index in [9.17, 15) is 4.79 Å². The molecule has 0 radical (unpaired) electrons. The number of aromatic nitrogens is 1. The van der Waals surface area contributed by atoms with Gasteiger partial charge in [0.05, 0.1) is 14.2 Å². The Bertz CT molecular complexity index is 548. The average molecular weight is 248 g/mol. The molecule has 0 saturated heterocycles. The molecule has 0 aliphatic carbocycles. The number of carbonyl (C=O) groups is 1. The Morgan fingerprint density at radius 3 is 2.94 bits per heavy atom. The zero-order valence-electron chi connectivity index (χ0n) is 10.4. The third-order valence-corrected chi connectivity index (χ3v) is 2.82. The van der Waals surface area contributed by atoms with Gasteiger partial charge in [0.25, 0.3) is 0 Å². The lowest BCUT2D eigenvalue weighted by atomic mass is 10.1. The zero-order chi connectivity index (χ0) is 13.0. The van der Waals surface area contributed by atoms with Crippen LogP contribution in [0.4, 0.5) is 4.79 Å². The number of aromatic amines is 1. The van der Waals surface area contributed by atoms with Crippen LogP contribution < -0.4 is 10.1 Å². The molecule has 1 aromatic heterocycles. The third-order valence-electron chi connectivity index (χ3n) is 2.82. The van der Waals surface area contributed by atoms with E-state index in [2.05, 4.69) is 15.0 Å². The van der Waals surface area contributed by atoms with Crippen LogP contribution in [0.1, 0.15) is 5.56 Å². The van der Waals surface area contributed by atoms with E-state index in [1.807, 2.05) is 24.4 Å². The molecule has 1 aromatic carbocycles. The van der Waals surface area contributed by atoms with Crippen LogP contribution in [0.15, 0.2) is 24.4 Å². The molecule has 1 heterocycles. The highest BCUT2D eigenvalue weighted by Gasteiger charge is 2.05. The maximum Gasteiger partial charge on any atom is 0.406 e. The lowest BCUT2D eigenvalue weighted by Gasteiger charge is -2.03. The van der Waals surface area contributed by atoms with Gasteiger partial charge in [0.15, 0.2) is 0 Å². The van der Waals surface area contributed by atoms with Gasteiger partial charge < -0.3 is 19.8 Å².